The lowest BCUT2D eigenvalue weighted by atomic mass is 10.1. The van der Waals surface area contributed by atoms with Crippen LogP contribution in [0.15, 0.2) is 18.2 Å². The molecule has 1 N–H and O–H groups in total. The van der Waals surface area contributed by atoms with Gasteiger partial charge in [-0.1, -0.05) is 6.07 Å². The predicted molar refractivity (Wildman–Crippen MR) is 73.3 cm³/mol. The number of aryl methyl sites for hydroxylation is 2. The fourth-order valence-electron chi connectivity index (χ4n) is 2.39. The van der Waals surface area contributed by atoms with Crippen molar-refractivity contribution < 1.29 is 14.6 Å². The number of carbonyl (C=O) groups is 1. The average Bonchev–Trinajstić information content (AvgIpc) is 2.82. The third-order valence-electron chi connectivity index (χ3n) is 3.40. The summed E-state index contributed by atoms with van der Waals surface area (Å²) in [6, 6.07) is 6.04. The molecule has 0 spiro atoms. The summed E-state index contributed by atoms with van der Waals surface area (Å²) in [5.41, 5.74) is 2.73. The van der Waals surface area contributed by atoms with Crippen molar-refractivity contribution in [1.82, 2.24) is 4.90 Å². The molecule has 1 unspecified atom stereocenters. The van der Waals surface area contributed by atoms with Crippen LogP contribution in [0.4, 0.5) is 0 Å². The standard InChI is InChI=1S/C15H21NO3/c1-11(17)9-16(2)15(18)10-19-14-7-6-12-4-3-5-13(12)8-14/h6-8,11,17H,3-5,9-10H2,1-2H3. The summed E-state index contributed by atoms with van der Waals surface area (Å²) in [6.45, 7) is 2.00. The normalized spacial score (nSPS) is 14.9. The van der Waals surface area contributed by atoms with Gasteiger partial charge < -0.3 is 14.7 Å². The van der Waals surface area contributed by atoms with Gasteiger partial charge in [-0.25, -0.2) is 0 Å². The monoisotopic (exact) mass is 263 g/mol. The number of ether oxygens (including phenoxy) is 1. The molecule has 0 aliphatic heterocycles. The zero-order valence-corrected chi connectivity index (χ0v) is 11.6. The van der Waals surface area contributed by atoms with E-state index in [4.69, 9.17) is 4.74 Å². The van der Waals surface area contributed by atoms with Crippen LogP contribution < -0.4 is 4.74 Å². The lowest BCUT2D eigenvalue weighted by Crippen LogP contribution is -2.36. The maximum atomic E-state index is 11.8. The lowest BCUT2D eigenvalue weighted by Gasteiger charge is -2.19. The summed E-state index contributed by atoms with van der Waals surface area (Å²) < 4.78 is 5.52. The first-order valence-electron chi connectivity index (χ1n) is 6.73. The average molecular weight is 263 g/mol. The van der Waals surface area contributed by atoms with Crippen LogP contribution in [0.2, 0.25) is 0 Å². The third-order valence-corrected chi connectivity index (χ3v) is 3.40. The molecule has 0 heterocycles. The van der Waals surface area contributed by atoms with E-state index in [1.54, 1.807) is 14.0 Å². The van der Waals surface area contributed by atoms with Gasteiger partial charge in [0.05, 0.1) is 6.10 Å². The van der Waals surface area contributed by atoms with Crippen molar-refractivity contribution >= 4 is 5.91 Å². The van der Waals surface area contributed by atoms with Gasteiger partial charge >= 0.3 is 0 Å². The Bertz CT molecular complexity index is 457. The third kappa shape index (κ3) is 3.70. The molecule has 4 nitrogen and oxygen atoms in total. The van der Waals surface area contributed by atoms with Crippen LogP contribution in [0.3, 0.4) is 0 Å². The SMILES string of the molecule is CC(O)CN(C)C(=O)COc1ccc2c(c1)CCC2. The van der Waals surface area contributed by atoms with Crippen molar-refractivity contribution in [2.45, 2.75) is 32.3 Å². The summed E-state index contributed by atoms with van der Waals surface area (Å²) >= 11 is 0. The van der Waals surface area contributed by atoms with Gasteiger partial charge in [0.2, 0.25) is 0 Å². The fraction of sp³-hybridized carbons (Fsp3) is 0.533. The fourth-order valence-corrected chi connectivity index (χ4v) is 2.39. The van der Waals surface area contributed by atoms with Gasteiger partial charge in [-0.05, 0) is 49.4 Å². The summed E-state index contributed by atoms with van der Waals surface area (Å²) in [6.07, 6.45) is 2.93. The zero-order chi connectivity index (χ0) is 13.8. The number of amides is 1. The number of carbonyl (C=O) groups excluding carboxylic acids is 1. The van der Waals surface area contributed by atoms with Gasteiger partial charge in [0.1, 0.15) is 5.75 Å². The Labute approximate surface area is 114 Å². The molecule has 1 aromatic carbocycles. The minimum atomic E-state index is -0.519. The van der Waals surface area contributed by atoms with E-state index in [9.17, 15) is 9.90 Å². The summed E-state index contributed by atoms with van der Waals surface area (Å²) in [5, 5.41) is 9.23. The van der Waals surface area contributed by atoms with Crippen molar-refractivity contribution in [3.63, 3.8) is 0 Å². The Kier molecular flexibility index (Phi) is 4.43. The molecule has 1 atom stereocenters. The second-order valence-electron chi connectivity index (χ2n) is 5.20. The van der Waals surface area contributed by atoms with Gasteiger partial charge in [0.15, 0.2) is 6.61 Å². The topological polar surface area (TPSA) is 49.8 Å². The smallest absolute Gasteiger partial charge is 0.260 e. The van der Waals surface area contributed by atoms with E-state index in [1.165, 1.54) is 22.4 Å². The maximum Gasteiger partial charge on any atom is 0.260 e. The Morgan fingerprint density at radius 1 is 1.42 bits per heavy atom. The van der Waals surface area contributed by atoms with Crippen LogP contribution in [0.1, 0.15) is 24.5 Å². The van der Waals surface area contributed by atoms with Gasteiger partial charge in [-0.15, -0.1) is 0 Å². The van der Waals surface area contributed by atoms with E-state index in [1.807, 2.05) is 12.1 Å². The summed E-state index contributed by atoms with van der Waals surface area (Å²) in [5.74, 6) is 0.626. The largest absolute Gasteiger partial charge is 0.484 e. The van der Waals surface area contributed by atoms with Crippen LogP contribution in [-0.2, 0) is 17.6 Å². The molecular formula is C15H21NO3. The summed E-state index contributed by atoms with van der Waals surface area (Å²) in [7, 11) is 1.67. The molecule has 0 radical (unpaired) electrons. The second kappa shape index (κ2) is 6.06. The van der Waals surface area contributed by atoms with E-state index in [0.29, 0.717) is 6.54 Å². The number of likely N-dealkylation sites (N-methyl/N-ethyl adjacent to an activating group) is 1. The molecule has 1 aliphatic carbocycles. The van der Waals surface area contributed by atoms with Gasteiger partial charge in [-0.3, -0.25) is 4.79 Å². The van der Waals surface area contributed by atoms with Crippen molar-refractivity contribution in [3.8, 4) is 5.75 Å². The maximum absolute atomic E-state index is 11.8. The van der Waals surface area contributed by atoms with Crippen molar-refractivity contribution in [2.75, 3.05) is 20.2 Å². The zero-order valence-electron chi connectivity index (χ0n) is 11.6. The van der Waals surface area contributed by atoms with Crippen LogP contribution in [0.25, 0.3) is 0 Å². The number of hydrogen-bond donors (Lipinski definition) is 1. The molecule has 19 heavy (non-hydrogen) atoms. The first-order valence-corrected chi connectivity index (χ1v) is 6.73. The van der Waals surface area contributed by atoms with Gasteiger partial charge in [0, 0.05) is 13.6 Å². The van der Waals surface area contributed by atoms with E-state index >= 15 is 0 Å². The molecule has 104 valence electrons. The molecule has 4 heteroatoms. The van der Waals surface area contributed by atoms with Crippen LogP contribution >= 0.6 is 0 Å². The molecule has 1 amide bonds. The van der Waals surface area contributed by atoms with Gasteiger partial charge in [-0.2, -0.15) is 0 Å². The molecule has 0 bridgehead atoms. The number of nitrogens with zero attached hydrogens (tertiary/aromatic N) is 1. The number of aliphatic hydroxyl groups is 1. The van der Waals surface area contributed by atoms with Gasteiger partial charge in [0.25, 0.3) is 5.91 Å². The number of benzene rings is 1. The highest BCUT2D eigenvalue weighted by Crippen LogP contribution is 2.25. The Hall–Kier alpha value is -1.55. The number of hydrogen-bond acceptors (Lipinski definition) is 3. The van der Waals surface area contributed by atoms with E-state index in [2.05, 4.69) is 6.07 Å². The predicted octanol–water partition coefficient (Wildman–Crippen LogP) is 1.39. The number of rotatable bonds is 5. The highest BCUT2D eigenvalue weighted by molar-refractivity contribution is 5.77. The molecule has 2 rings (SSSR count). The molecule has 0 saturated carbocycles. The minimum Gasteiger partial charge on any atom is -0.484 e. The van der Waals surface area contributed by atoms with E-state index < -0.39 is 6.10 Å². The minimum absolute atomic E-state index is 0.0159. The Morgan fingerprint density at radius 2 is 2.16 bits per heavy atom. The molecule has 1 aliphatic rings. The lowest BCUT2D eigenvalue weighted by molar-refractivity contribution is -0.133. The van der Waals surface area contributed by atoms with E-state index in [-0.39, 0.29) is 12.5 Å². The molecule has 0 aromatic heterocycles. The van der Waals surface area contributed by atoms with E-state index in [0.717, 1.165) is 18.6 Å². The Balaban J connectivity index is 1.87. The number of fused-ring (bicyclic) bond motifs is 1. The molecule has 0 saturated heterocycles. The van der Waals surface area contributed by atoms with Crippen LogP contribution in [0, 0.1) is 0 Å². The molecular weight excluding hydrogens is 242 g/mol. The van der Waals surface area contributed by atoms with Crippen molar-refractivity contribution in [2.24, 2.45) is 0 Å². The molecule has 0 fully saturated rings. The summed E-state index contributed by atoms with van der Waals surface area (Å²) in [4.78, 5) is 13.3. The second-order valence-corrected chi connectivity index (χ2v) is 5.20. The first kappa shape index (κ1) is 13.9. The highest BCUT2D eigenvalue weighted by Gasteiger charge is 2.14. The quantitative estimate of drug-likeness (QED) is 0.873. The Morgan fingerprint density at radius 3 is 2.89 bits per heavy atom. The van der Waals surface area contributed by atoms with Crippen molar-refractivity contribution in [3.05, 3.63) is 29.3 Å². The number of aliphatic hydroxyl groups excluding tert-OH is 1. The highest BCUT2D eigenvalue weighted by atomic mass is 16.5. The molecule has 1 aromatic rings. The first-order chi connectivity index (χ1) is 9.06. The van der Waals surface area contributed by atoms with Crippen LogP contribution in [0.5, 0.6) is 5.75 Å². The van der Waals surface area contributed by atoms with Crippen molar-refractivity contribution in [1.29, 1.82) is 0 Å². The van der Waals surface area contributed by atoms with Crippen LogP contribution in [-0.4, -0.2) is 42.2 Å².